The number of para-hydroxylation sites is 1. The van der Waals surface area contributed by atoms with Crippen LogP contribution in [0.3, 0.4) is 0 Å². The predicted molar refractivity (Wildman–Crippen MR) is 151 cm³/mol. The van der Waals surface area contributed by atoms with Crippen molar-refractivity contribution in [1.29, 1.82) is 0 Å². The van der Waals surface area contributed by atoms with E-state index in [4.69, 9.17) is 4.74 Å². The summed E-state index contributed by atoms with van der Waals surface area (Å²) in [7, 11) is 0. The van der Waals surface area contributed by atoms with Crippen LogP contribution in [0.4, 0.5) is 5.69 Å². The van der Waals surface area contributed by atoms with Crippen molar-refractivity contribution in [3.63, 3.8) is 0 Å². The second kappa shape index (κ2) is 10.5. The fraction of sp³-hybridized carbons (Fsp3) is 0.258. The summed E-state index contributed by atoms with van der Waals surface area (Å²) in [4.78, 5) is 66.8. The predicted octanol–water partition coefficient (Wildman–Crippen LogP) is 3.43. The Morgan fingerprint density at radius 2 is 1.81 bits per heavy atom. The molecule has 0 spiro atoms. The van der Waals surface area contributed by atoms with Gasteiger partial charge < -0.3 is 20.1 Å². The Morgan fingerprint density at radius 1 is 1.05 bits per heavy atom. The number of rotatable bonds is 6. The summed E-state index contributed by atoms with van der Waals surface area (Å²) < 4.78 is 5.91. The zero-order valence-corrected chi connectivity index (χ0v) is 23.5. The highest BCUT2D eigenvalue weighted by atomic mass is 79.9. The van der Waals surface area contributed by atoms with E-state index in [0.29, 0.717) is 16.9 Å². The van der Waals surface area contributed by atoms with Gasteiger partial charge in [0.2, 0.25) is 11.8 Å². The number of ketones is 2. The molecule has 3 N–H and O–H groups in total. The van der Waals surface area contributed by atoms with Crippen molar-refractivity contribution in [2.45, 2.75) is 18.8 Å². The average Bonchev–Trinajstić information content (AvgIpc) is 3.23. The number of carbonyl (C=O) groups is 5. The standard InChI is InChI=1S/C31H24BrNO9/c32-21-13-23(36)27-20(28(21)37)12-19-15(25(27)17-3-1-2-4-24(17)42-10-9-34)7-8-18-26(19)30(39)33(29(18)38)14-5-6-16(31(40)41)22(35)11-14/h1-7,11,13,18-19,25-26,34-35H,8-10,12H2,(H,40,41)/t18-,19+,25+,26-/m0/s1. The minimum absolute atomic E-state index is 0.0105. The molecule has 214 valence electrons. The first-order valence-electron chi connectivity index (χ1n) is 13.3. The van der Waals surface area contributed by atoms with Gasteiger partial charge in [-0.1, -0.05) is 29.8 Å². The van der Waals surface area contributed by atoms with Crippen LogP contribution in [0.5, 0.6) is 11.5 Å². The number of halogens is 1. The molecule has 10 nitrogen and oxygen atoms in total. The Hall–Kier alpha value is -4.35. The normalized spacial score (nSPS) is 25.0. The molecular weight excluding hydrogens is 610 g/mol. The highest BCUT2D eigenvalue weighted by Gasteiger charge is 2.57. The summed E-state index contributed by atoms with van der Waals surface area (Å²) in [6, 6.07) is 10.5. The fourth-order valence-corrected chi connectivity index (χ4v) is 7.11. The number of phenols is 1. The number of aromatic hydroxyl groups is 1. The van der Waals surface area contributed by atoms with Crippen molar-refractivity contribution in [1.82, 2.24) is 0 Å². The Balaban J connectivity index is 1.46. The van der Waals surface area contributed by atoms with Crippen LogP contribution in [-0.2, 0) is 19.2 Å². The van der Waals surface area contributed by atoms with E-state index in [-0.39, 0.29) is 58.9 Å². The molecule has 11 heteroatoms. The number of benzene rings is 2. The number of hydrogen-bond acceptors (Lipinski definition) is 8. The van der Waals surface area contributed by atoms with E-state index in [1.807, 2.05) is 6.08 Å². The molecule has 3 aliphatic carbocycles. The first kappa shape index (κ1) is 27.8. The second-order valence-corrected chi connectivity index (χ2v) is 11.4. The summed E-state index contributed by atoms with van der Waals surface area (Å²) >= 11 is 3.20. The van der Waals surface area contributed by atoms with Gasteiger partial charge in [0.05, 0.1) is 28.6 Å². The van der Waals surface area contributed by atoms with E-state index in [2.05, 4.69) is 15.9 Å². The monoisotopic (exact) mass is 633 g/mol. The molecule has 1 aliphatic heterocycles. The minimum atomic E-state index is -1.35. The topological polar surface area (TPSA) is 159 Å². The molecule has 4 atom stereocenters. The van der Waals surface area contributed by atoms with Gasteiger partial charge in [-0.2, -0.15) is 0 Å². The van der Waals surface area contributed by atoms with E-state index in [1.54, 1.807) is 24.3 Å². The van der Waals surface area contributed by atoms with Crippen LogP contribution in [-0.4, -0.2) is 57.9 Å². The molecule has 1 fully saturated rings. The third kappa shape index (κ3) is 4.23. The van der Waals surface area contributed by atoms with Crippen molar-refractivity contribution in [2.24, 2.45) is 17.8 Å². The zero-order valence-electron chi connectivity index (χ0n) is 22.0. The Morgan fingerprint density at radius 3 is 2.52 bits per heavy atom. The molecule has 0 bridgehead atoms. The van der Waals surface area contributed by atoms with E-state index in [0.717, 1.165) is 22.6 Å². The van der Waals surface area contributed by atoms with Crippen molar-refractivity contribution in [3.05, 3.63) is 86.9 Å². The second-order valence-electron chi connectivity index (χ2n) is 10.5. The number of amides is 2. The van der Waals surface area contributed by atoms with Gasteiger partial charge >= 0.3 is 5.97 Å². The number of imide groups is 1. The third-order valence-electron chi connectivity index (χ3n) is 8.38. The SMILES string of the molecule is O=C1C=C(Br)C(=O)C2=C1[C@@H](c1ccccc1OCCO)C1=CC[C@@H]3C(=O)N(c4ccc(C(=O)O)c(O)c4)C(=O)[C@@H]3[C@@H]1C2. The fourth-order valence-electron chi connectivity index (χ4n) is 6.66. The molecule has 42 heavy (non-hydrogen) atoms. The maximum absolute atomic E-state index is 14.0. The molecule has 1 saturated heterocycles. The molecule has 0 unspecified atom stereocenters. The lowest BCUT2D eigenvalue weighted by Gasteiger charge is -2.42. The van der Waals surface area contributed by atoms with Gasteiger partial charge in [0.25, 0.3) is 0 Å². The van der Waals surface area contributed by atoms with Crippen LogP contribution in [0.1, 0.15) is 34.7 Å². The number of anilines is 1. The van der Waals surface area contributed by atoms with Gasteiger partial charge in [0.1, 0.15) is 23.7 Å². The van der Waals surface area contributed by atoms with E-state index >= 15 is 0 Å². The van der Waals surface area contributed by atoms with Crippen LogP contribution in [0.15, 0.2) is 75.8 Å². The largest absolute Gasteiger partial charge is 0.507 e. The Kier molecular flexibility index (Phi) is 6.94. The Labute approximate surface area is 247 Å². The average molecular weight is 634 g/mol. The number of carboxylic acids is 1. The molecule has 4 aliphatic rings. The van der Waals surface area contributed by atoms with Crippen LogP contribution < -0.4 is 9.64 Å². The number of carboxylic acid groups (broad SMARTS) is 1. The molecule has 0 aromatic heterocycles. The van der Waals surface area contributed by atoms with Crippen molar-refractivity contribution >= 4 is 51.0 Å². The lowest BCUT2D eigenvalue weighted by atomic mass is 9.59. The number of carbonyl (C=O) groups excluding carboxylic acids is 4. The van der Waals surface area contributed by atoms with Gasteiger partial charge in [-0.25, -0.2) is 9.69 Å². The lowest BCUT2D eigenvalue weighted by molar-refractivity contribution is -0.123. The van der Waals surface area contributed by atoms with Crippen molar-refractivity contribution in [3.8, 4) is 11.5 Å². The first-order chi connectivity index (χ1) is 20.1. The maximum Gasteiger partial charge on any atom is 0.339 e. The number of fused-ring (bicyclic) bond motifs is 3. The number of allylic oxidation sites excluding steroid dienone is 6. The van der Waals surface area contributed by atoms with Crippen molar-refractivity contribution < 1.29 is 44.0 Å². The molecule has 2 amide bonds. The molecule has 2 aromatic carbocycles. The molecular formula is C31H24BrNO9. The van der Waals surface area contributed by atoms with Gasteiger partial charge in [-0.15, -0.1) is 0 Å². The first-order valence-corrected chi connectivity index (χ1v) is 14.1. The number of aliphatic hydroxyl groups is 1. The number of hydrogen-bond donors (Lipinski definition) is 3. The molecule has 0 radical (unpaired) electrons. The number of Topliss-reactive ketones (excluding diaryl/α,β-unsaturated/α-hetero) is 1. The smallest absolute Gasteiger partial charge is 0.339 e. The summed E-state index contributed by atoms with van der Waals surface area (Å²) in [6.45, 7) is -0.221. The van der Waals surface area contributed by atoms with Crippen LogP contribution in [0.2, 0.25) is 0 Å². The zero-order chi connectivity index (χ0) is 29.9. The summed E-state index contributed by atoms with van der Waals surface area (Å²) in [5, 5.41) is 28.9. The quantitative estimate of drug-likeness (QED) is 0.246. The van der Waals surface area contributed by atoms with Gasteiger partial charge in [-0.3, -0.25) is 19.2 Å². The van der Waals surface area contributed by atoms with Crippen LogP contribution in [0.25, 0.3) is 0 Å². The van der Waals surface area contributed by atoms with Gasteiger partial charge in [0, 0.05) is 34.8 Å². The Bertz CT molecular complexity index is 1690. The highest BCUT2D eigenvalue weighted by Crippen LogP contribution is 2.56. The summed E-state index contributed by atoms with van der Waals surface area (Å²) in [5.74, 6) is -6.16. The number of aliphatic hydroxyl groups excluding tert-OH is 1. The van der Waals surface area contributed by atoms with Crippen LogP contribution >= 0.6 is 15.9 Å². The molecule has 6 rings (SSSR count). The molecule has 1 heterocycles. The van der Waals surface area contributed by atoms with E-state index in [9.17, 15) is 39.3 Å². The number of aromatic carboxylic acids is 1. The van der Waals surface area contributed by atoms with E-state index in [1.165, 1.54) is 12.1 Å². The van der Waals surface area contributed by atoms with Gasteiger partial charge in [0.15, 0.2) is 11.6 Å². The molecule has 2 aromatic rings. The molecule has 0 saturated carbocycles. The van der Waals surface area contributed by atoms with Crippen molar-refractivity contribution in [2.75, 3.05) is 18.1 Å². The maximum atomic E-state index is 14.0. The third-order valence-corrected chi connectivity index (χ3v) is 8.97. The number of nitrogens with zero attached hydrogens (tertiary/aromatic N) is 1. The minimum Gasteiger partial charge on any atom is -0.507 e. The lowest BCUT2D eigenvalue weighted by Crippen LogP contribution is -2.39. The summed E-state index contributed by atoms with van der Waals surface area (Å²) in [6.07, 6.45) is 3.39. The van der Waals surface area contributed by atoms with Crippen LogP contribution in [0, 0.1) is 17.8 Å². The highest BCUT2D eigenvalue weighted by molar-refractivity contribution is 9.12. The number of ether oxygens (including phenoxy) is 1. The summed E-state index contributed by atoms with van der Waals surface area (Å²) in [5.41, 5.74) is 1.58. The van der Waals surface area contributed by atoms with Gasteiger partial charge in [-0.05, 0) is 52.9 Å². The van der Waals surface area contributed by atoms with E-state index < -0.39 is 47.2 Å².